The van der Waals surface area contributed by atoms with Crippen LogP contribution in [0, 0.1) is 17.8 Å². The lowest BCUT2D eigenvalue weighted by Crippen LogP contribution is -2.65. The number of piperazine rings is 1. The van der Waals surface area contributed by atoms with Crippen molar-refractivity contribution in [1.29, 1.82) is 0 Å². The van der Waals surface area contributed by atoms with Gasteiger partial charge in [-0.25, -0.2) is 0 Å². The van der Waals surface area contributed by atoms with Crippen LogP contribution >= 0.6 is 0 Å². The first-order valence-electron chi connectivity index (χ1n) is 9.11. The van der Waals surface area contributed by atoms with Crippen LogP contribution < -0.4 is 5.32 Å². The van der Waals surface area contributed by atoms with Gasteiger partial charge in [0.25, 0.3) is 0 Å². The summed E-state index contributed by atoms with van der Waals surface area (Å²) < 4.78 is 0. The number of rotatable bonds is 4. The van der Waals surface area contributed by atoms with Crippen LogP contribution in [0.15, 0.2) is 0 Å². The van der Waals surface area contributed by atoms with E-state index in [2.05, 4.69) is 56.8 Å². The van der Waals surface area contributed by atoms with Crippen molar-refractivity contribution in [3.8, 4) is 0 Å². The maximum atomic E-state index is 3.84. The monoisotopic (exact) mass is 295 g/mol. The molecule has 21 heavy (non-hydrogen) atoms. The summed E-state index contributed by atoms with van der Waals surface area (Å²) in [6.45, 7) is 16.9. The van der Waals surface area contributed by atoms with Crippen molar-refractivity contribution in [1.82, 2.24) is 15.1 Å². The second-order valence-corrected chi connectivity index (χ2v) is 8.00. The largest absolute Gasteiger partial charge is 0.311 e. The Morgan fingerprint density at radius 3 is 2.48 bits per heavy atom. The molecule has 3 heteroatoms. The van der Waals surface area contributed by atoms with Gasteiger partial charge in [-0.05, 0) is 37.8 Å². The molecule has 0 spiro atoms. The highest BCUT2D eigenvalue weighted by Gasteiger charge is 2.38. The smallest absolute Gasteiger partial charge is 0.0247 e. The number of hydrogen-bond acceptors (Lipinski definition) is 3. The van der Waals surface area contributed by atoms with Gasteiger partial charge in [0.05, 0.1) is 0 Å². The van der Waals surface area contributed by atoms with Crippen molar-refractivity contribution < 1.29 is 0 Å². The van der Waals surface area contributed by atoms with Crippen LogP contribution in [0.25, 0.3) is 0 Å². The molecule has 0 amide bonds. The zero-order valence-electron chi connectivity index (χ0n) is 15.1. The Labute approximate surface area is 132 Å². The van der Waals surface area contributed by atoms with Crippen LogP contribution in [0.5, 0.6) is 0 Å². The quantitative estimate of drug-likeness (QED) is 0.860. The SMILES string of the molecule is CCC(C)C1CN(C2CCN(C)CC2C)C(C(C)C)CN1. The fourth-order valence-corrected chi connectivity index (χ4v) is 4.32. The van der Waals surface area contributed by atoms with E-state index in [0.717, 1.165) is 23.8 Å². The summed E-state index contributed by atoms with van der Waals surface area (Å²) in [5.74, 6) is 2.31. The normalized spacial score (nSPS) is 37.9. The van der Waals surface area contributed by atoms with Crippen molar-refractivity contribution in [2.45, 2.75) is 65.6 Å². The second-order valence-electron chi connectivity index (χ2n) is 8.00. The van der Waals surface area contributed by atoms with Crippen LogP contribution in [0.1, 0.15) is 47.5 Å². The van der Waals surface area contributed by atoms with Crippen LogP contribution in [0.3, 0.4) is 0 Å². The van der Waals surface area contributed by atoms with E-state index in [4.69, 9.17) is 0 Å². The number of nitrogens with one attached hydrogen (secondary N) is 1. The van der Waals surface area contributed by atoms with Gasteiger partial charge in [0, 0.05) is 37.8 Å². The summed E-state index contributed by atoms with van der Waals surface area (Å²) in [4.78, 5) is 5.38. The highest BCUT2D eigenvalue weighted by atomic mass is 15.3. The lowest BCUT2D eigenvalue weighted by atomic mass is 9.85. The van der Waals surface area contributed by atoms with Crippen LogP contribution in [0.2, 0.25) is 0 Å². The maximum Gasteiger partial charge on any atom is 0.0247 e. The summed E-state index contributed by atoms with van der Waals surface area (Å²) in [6.07, 6.45) is 2.62. The number of likely N-dealkylation sites (tertiary alicyclic amines) is 1. The van der Waals surface area contributed by atoms with E-state index >= 15 is 0 Å². The highest BCUT2D eigenvalue weighted by molar-refractivity contribution is 4.95. The van der Waals surface area contributed by atoms with E-state index in [1.54, 1.807) is 0 Å². The summed E-state index contributed by atoms with van der Waals surface area (Å²) >= 11 is 0. The second kappa shape index (κ2) is 7.43. The Balaban J connectivity index is 2.10. The molecule has 2 heterocycles. The van der Waals surface area contributed by atoms with E-state index in [9.17, 15) is 0 Å². The lowest BCUT2D eigenvalue weighted by molar-refractivity contribution is -0.00544. The lowest BCUT2D eigenvalue weighted by Gasteiger charge is -2.51. The molecule has 5 unspecified atom stereocenters. The van der Waals surface area contributed by atoms with Gasteiger partial charge >= 0.3 is 0 Å². The standard InChI is InChI=1S/C18H37N3/c1-7-14(4)16-12-21(18(10-19-16)13(2)3)17-8-9-20(6)11-15(17)5/h13-19H,7-12H2,1-6H3. The van der Waals surface area contributed by atoms with Crippen molar-refractivity contribution in [2.24, 2.45) is 17.8 Å². The number of nitrogens with zero attached hydrogens (tertiary/aromatic N) is 2. The van der Waals surface area contributed by atoms with Crippen molar-refractivity contribution in [3.63, 3.8) is 0 Å². The van der Waals surface area contributed by atoms with Gasteiger partial charge in [-0.3, -0.25) is 4.90 Å². The summed E-state index contributed by atoms with van der Waals surface area (Å²) in [6, 6.07) is 2.17. The molecule has 0 radical (unpaired) electrons. The maximum absolute atomic E-state index is 3.84. The first kappa shape index (κ1) is 17.2. The minimum atomic E-state index is 0.678. The van der Waals surface area contributed by atoms with Crippen LogP contribution in [-0.2, 0) is 0 Å². The molecule has 2 saturated heterocycles. The average Bonchev–Trinajstić information content (AvgIpc) is 2.45. The molecule has 3 nitrogen and oxygen atoms in total. The third kappa shape index (κ3) is 4.00. The topological polar surface area (TPSA) is 18.5 Å². The van der Waals surface area contributed by atoms with E-state index in [1.165, 1.54) is 39.0 Å². The van der Waals surface area contributed by atoms with Crippen molar-refractivity contribution in [3.05, 3.63) is 0 Å². The molecule has 1 N–H and O–H groups in total. The molecule has 0 aliphatic carbocycles. The molecule has 0 aromatic carbocycles. The van der Waals surface area contributed by atoms with E-state index in [0.29, 0.717) is 12.1 Å². The minimum Gasteiger partial charge on any atom is -0.311 e. The van der Waals surface area contributed by atoms with Crippen LogP contribution in [0.4, 0.5) is 0 Å². The summed E-state index contributed by atoms with van der Waals surface area (Å²) in [5, 5.41) is 3.84. The van der Waals surface area contributed by atoms with Gasteiger partial charge in [-0.1, -0.05) is 41.0 Å². The van der Waals surface area contributed by atoms with Gasteiger partial charge in [0.2, 0.25) is 0 Å². The van der Waals surface area contributed by atoms with Gasteiger partial charge in [0.1, 0.15) is 0 Å². The predicted octanol–water partition coefficient (Wildman–Crippen LogP) is 2.67. The van der Waals surface area contributed by atoms with Gasteiger partial charge < -0.3 is 10.2 Å². The molecule has 124 valence electrons. The third-order valence-electron chi connectivity index (χ3n) is 6.01. The van der Waals surface area contributed by atoms with E-state index < -0.39 is 0 Å². The molecule has 2 aliphatic rings. The zero-order valence-corrected chi connectivity index (χ0v) is 15.1. The molecular formula is C18H37N3. The number of hydrogen-bond donors (Lipinski definition) is 1. The van der Waals surface area contributed by atoms with E-state index in [-0.39, 0.29) is 0 Å². The van der Waals surface area contributed by atoms with Crippen LogP contribution in [-0.4, -0.2) is 61.2 Å². The minimum absolute atomic E-state index is 0.678. The van der Waals surface area contributed by atoms with Gasteiger partial charge in [-0.2, -0.15) is 0 Å². The first-order valence-corrected chi connectivity index (χ1v) is 9.11. The predicted molar refractivity (Wildman–Crippen MR) is 91.6 cm³/mol. The highest BCUT2D eigenvalue weighted by Crippen LogP contribution is 2.29. The first-order chi connectivity index (χ1) is 9.93. The van der Waals surface area contributed by atoms with Gasteiger partial charge in [-0.15, -0.1) is 0 Å². The Bertz CT molecular complexity index is 318. The molecule has 0 bridgehead atoms. The van der Waals surface area contributed by atoms with E-state index in [1.807, 2.05) is 0 Å². The van der Waals surface area contributed by atoms with Crippen molar-refractivity contribution >= 4 is 0 Å². The Morgan fingerprint density at radius 1 is 1.19 bits per heavy atom. The number of piperidine rings is 1. The molecule has 2 aliphatic heterocycles. The molecule has 0 saturated carbocycles. The molecule has 0 aromatic rings. The molecular weight excluding hydrogens is 258 g/mol. The fraction of sp³-hybridized carbons (Fsp3) is 1.00. The molecule has 0 aromatic heterocycles. The Morgan fingerprint density at radius 2 is 1.90 bits per heavy atom. The zero-order chi connectivity index (χ0) is 15.6. The molecule has 2 fully saturated rings. The summed E-state index contributed by atoms with van der Waals surface area (Å²) in [7, 11) is 2.27. The Hall–Kier alpha value is -0.120. The fourth-order valence-electron chi connectivity index (χ4n) is 4.32. The molecule has 2 rings (SSSR count). The summed E-state index contributed by atoms with van der Waals surface area (Å²) in [5.41, 5.74) is 0. The Kier molecular flexibility index (Phi) is 6.10. The van der Waals surface area contributed by atoms with Crippen molar-refractivity contribution in [2.75, 3.05) is 33.2 Å². The molecule has 5 atom stereocenters. The van der Waals surface area contributed by atoms with Gasteiger partial charge in [0.15, 0.2) is 0 Å². The third-order valence-corrected chi connectivity index (χ3v) is 6.01. The average molecular weight is 296 g/mol.